The SMILES string of the molecule is O=C(CCC1CCCC1)N1CCC(c2nnc(-c3ccc(F)cc3)o2)CC1. The molecule has 0 radical (unpaired) electrons. The van der Waals surface area contributed by atoms with Gasteiger partial charge in [0.25, 0.3) is 0 Å². The Kier molecular flexibility index (Phi) is 5.50. The fourth-order valence-corrected chi connectivity index (χ4v) is 4.27. The number of carbonyl (C=O) groups is 1. The van der Waals surface area contributed by atoms with Crippen LogP contribution in [0.25, 0.3) is 11.5 Å². The molecular weight excluding hydrogens is 345 g/mol. The lowest BCUT2D eigenvalue weighted by molar-refractivity contribution is -0.132. The van der Waals surface area contributed by atoms with Crippen molar-refractivity contribution in [1.29, 1.82) is 0 Å². The molecule has 27 heavy (non-hydrogen) atoms. The quantitative estimate of drug-likeness (QED) is 0.773. The molecule has 1 aromatic carbocycles. The van der Waals surface area contributed by atoms with Gasteiger partial charge in [0, 0.05) is 31.0 Å². The summed E-state index contributed by atoms with van der Waals surface area (Å²) >= 11 is 0. The molecule has 2 aliphatic rings. The molecule has 6 heteroatoms. The molecule has 2 aromatic rings. The largest absolute Gasteiger partial charge is 0.420 e. The van der Waals surface area contributed by atoms with E-state index in [0.717, 1.165) is 43.8 Å². The monoisotopic (exact) mass is 371 g/mol. The van der Waals surface area contributed by atoms with Crippen molar-refractivity contribution in [3.63, 3.8) is 0 Å². The second-order valence-corrected chi connectivity index (χ2v) is 7.80. The number of aromatic nitrogens is 2. The van der Waals surface area contributed by atoms with Crippen molar-refractivity contribution < 1.29 is 13.6 Å². The van der Waals surface area contributed by atoms with Crippen LogP contribution in [0.4, 0.5) is 4.39 Å². The van der Waals surface area contributed by atoms with E-state index < -0.39 is 0 Å². The van der Waals surface area contributed by atoms with Gasteiger partial charge in [0.15, 0.2) is 0 Å². The van der Waals surface area contributed by atoms with Gasteiger partial charge in [-0.25, -0.2) is 4.39 Å². The van der Waals surface area contributed by atoms with E-state index in [-0.39, 0.29) is 17.6 Å². The number of rotatable bonds is 5. The van der Waals surface area contributed by atoms with Crippen LogP contribution in [0, 0.1) is 11.7 Å². The van der Waals surface area contributed by atoms with Gasteiger partial charge in [-0.15, -0.1) is 10.2 Å². The molecular formula is C21H26FN3O2. The maximum absolute atomic E-state index is 13.0. The zero-order valence-electron chi connectivity index (χ0n) is 15.6. The van der Waals surface area contributed by atoms with Crippen LogP contribution in [0.15, 0.2) is 28.7 Å². The Bertz CT molecular complexity index is 760. The fourth-order valence-electron chi connectivity index (χ4n) is 4.27. The fraction of sp³-hybridized carbons (Fsp3) is 0.571. The molecule has 4 rings (SSSR count). The Balaban J connectivity index is 1.29. The summed E-state index contributed by atoms with van der Waals surface area (Å²) in [7, 11) is 0. The maximum atomic E-state index is 13.0. The summed E-state index contributed by atoms with van der Waals surface area (Å²) in [6.07, 6.45) is 8.67. The summed E-state index contributed by atoms with van der Waals surface area (Å²) in [5, 5.41) is 8.28. The van der Waals surface area contributed by atoms with Crippen molar-refractivity contribution in [2.75, 3.05) is 13.1 Å². The van der Waals surface area contributed by atoms with Crippen molar-refractivity contribution in [2.45, 2.75) is 57.3 Å². The standard InChI is InChI=1S/C21H26FN3O2/c22-18-8-6-16(7-9-18)20-23-24-21(27-20)17-11-13-25(14-12-17)19(26)10-5-15-3-1-2-4-15/h6-9,15,17H,1-5,10-14H2. The van der Waals surface area contributed by atoms with Crippen LogP contribution in [-0.4, -0.2) is 34.1 Å². The minimum Gasteiger partial charge on any atom is -0.420 e. The molecule has 1 saturated heterocycles. The van der Waals surface area contributed by atoms with Crippen LogP contribution in [0.2, 0.25) is 0 Å². The predicted octanol–water partition coefficient (Wildman–Crippen LogP) is 4.55. The zero-order chi connectivity index (χ0) is 18.6. The van der Waals surface area contributed by atoms with Gasteiger partial charge in [-0.1, -0.05) is 25.7 Å². The van der Waals surface area contributed by atoms with E-state index >= 15 is 0 Å². The minimum atomic E-state index is -0.288. The van der Waals surface area contributed by atoms with E-state index in [1.165, 1.54) is 37.8 Å². The zero-order valence-corrected chi connectivity index (χ0v) is 15.6. The summed E-state index contributed by atoms with van der Waals surface area (Å²) in [4.78, 5) is 14.4. The maximum Gasteiger partial charge on any atom is 0.247 e. The van der Waals surface area contributed by atoms with E-state index in [4.69, 9.17) is 4.42 Å². The predicted molar refractivity (Wildman–Crippen MR) is 99.4 cm³/mol. The highest BCUT2D eigenvalue weighted by Crippen LogP contribution is 2.31. The molecule has 1 aliphatic carbocycles. The molecule has 144 valence electrons. The van der Waals surface area contributed by atoms with Gasteiger partial charge in [0.2, 0.25) is 17.7 Å². The van der Waals surface area contributed by atoms with Crippen molar-refractivity contribution >= 4 is 5.91 Å². The highest BCUT2D eigenvalue weighted by Gasteiger charge is 2.28. The van der Waals surface area contributed by atoms with Crippen LogP contribution >= 0.6 is 0 Å². The molecule has 2 heterocycles. The Morgan fingerprint density at radius 3 is 2.48 bits per heavy atom. The number of nitrogens with zero attached hydrogens (tertiary/aromatic N) is 3. The third-order valence-electron chi connectivity index (χ3n) is 5.97. The Morgan fingerprint density at radius 2 is 1.78 bits per heavy atom. The third-order valence-corrected chi connectivity index (χ3v) is 5.97. The average molecular weight is 371 g/mol. The molecule has 1 saturated carbocycles. The normalized spacial score (nSPS) is 18.9. The Labute approximate surface area is 159 Å². The van der Waals surface area contributed by atoms with Crippen molar-refractivity contribution in [3.05, 3.63) is 36.0 Å². The number of piperidine rings is 1. The van der Waals surface area contributed by atoms with Crippen molar-refractivity contribution in [2.24, 2.45) is 5.92 Å². The highest BCUT2D eigenvalue weighted by molar-refractivity contribution is 5.76. The molecule has 1 aliphatic heterocycles. The number of amides is 1. The van der Waals surface area contributed by atoms with Gasteiger partial charge in [0.05, 0.1) is 0 Å². The number of hydrogen-bond acceptors (Lipinski definition) is 4. The van der Waals surface area contributed by atoms with Gasteiger partial charge in [-0.2, -0.15) is 0 Å². The summed E-state index contributed by atoms with van der Waals surface area (Å²) in [5.74, 6) is 1.98. The first-order valence-corrected chi connectivity index (χ1v) is 10.1. The van der Waals surface area contributed by atoms with E-state index in [9.17, 15) is 9.18 Å². The molecule has 0 N–H and O–H groups in total. The van der Waals surface area contributed by atoms with Crippen LogP contribution in [0.3, 0.4) is 0 Å². The number of carbonyl (C=O) groups excluding carboxylic acids is 1. The summed E-state index contributed by atoms with van der Waals surface area (Å²) in [6.45, 7) is 1.50. The molecule has 0 atom stereocenters. The lowest BCUT2D eigenvalue weighted by Crippen LogP contribution is -2.38. The molecule has 0 spiro atoms. The number of halogens is 1. The van der Waals surface area contributed by atoms with Crippen LogP contribution in [-0.2, 0) is 4.79 Å². The molecule has 1 aromatic heterocycles. The van der Waals surface area contributed by atoms with Gasteiger partial charge in [-0.3, -0.25) is 4.79 Å². The van der Waals surface area contributed by atoms with Gasteiger partial charge < -0.3 is 9.32 Å². The van der Waals surface area contributed by atoms with E-state index in [0.29, 0.717) is 18.2 Å². The van der Waals surface area contributed by atoms with Crippen LogP contribution in [0.5, 0.6) is 0 Å². The number of benzene rings is 1. The molecule has 5 nitrogen and oxygen atoms in total. The summed E-state index contributed by atoms with van der Waals surface area (Å²) < 4.78 is 18.9. The smallest absolute Gasteiger partial charge is 0.247 e. The first-order valence-electron chi connectivity index (χ1n) is 10.1. The second kappa shape index (κ2) is 8.19. The molecule has 1 amide bonds. The summed E-state index contributed by atoms with van der Waals surface area (Å²) in [5.41, 5.74) is 0.717. The van der Waals surface area contributed by atoms with Crippen LogP contribution in [0.1, 0.15) is 63.2 Å². The second-order valence-electron chi connectivity index (χ2n) is 7.80. The van der Waals surface area contributed by atoms with E-state index in [2.05, 4.69) is 10.2 Å². The number of hydrogen-bond donors (Lipinski definition) is 0. The lowest BCUT2D eigenvalue weighted by Gasteiger charge is -2.30. The topological polar surface area (TPSA) is 59.2 Å². The Hall–Kier alpha value is -2.24. The minimum absolute atomic E-state index is 0.186. The van der Waals surface area contributed by atoms with E-state index in [1.807, 2.05) is 4.90 Å². The first-order chi connectivity index (χ1) is 13.2. The van der Waals surface area contributed by atoms with Gasteiger partial charge >= 0.3 is 0 Å². The molecule has 2 fully saturated rings. The highest BCUT2D eigenvalue weighted by atomic mass is 19.1. The Morgan fingerprint density at radius 1 is 1.07 bits per heavy atom. The lowest BCUT2D eigenvalue weighted by atomic mass is 9.96. The molecule has 0 unspecified atom stereocenters. The van der Waals surface area contributed by atoms with Crippen molar-refractivity contribution in [3.8, 4) is 11.5 Å². The van der Waals surface area contributed by atoms with Gasteiger partial charge in [0.1, 0.15) is 5.82 Å². The average Bonchev–Trinajstić information content (AvgIpc) is 3.39. The van der Waals surface area contributed by atoms with Crippen LogP contribution < -0.4 is 0 Å². The summed E-state index contributed by atoms with van der Waals surface area (Å²) in [6, 6.07) is 6.04. The van der Waals surface area contributed by atoms with Crippen molar-refractivity contribution in [1.82, 2.24) is 15.1 Å². The first kappa shape index (κ1) is 18.1. The number of likely N-dealkylation sites (tertiary alicyclic amines) is 1. The third kappa shape index (κ3) is 4.37. The van der Waals surface area contributed by atoms with E-state index in [1.54, 1.807) is 12.1 Å². The van der Waals surface area contributed by atoms with Gasteiger partial charge in [-0.05, 0) is 49.4 Å². The molecule has 0 bridgehead atoms.